The van der Waals surface area contributed by atoms with Crippen molar-refractivity contribution in [1.82, 2.24) is 19.9 Å². The number of pyridine rings is 4. The highest BCUT2D eigenvalue weighted by molar-refractivity contribution is 6.10. The molecule has 53 heavy (non-hydrogen) atoms. The summed E-state index contributed by atoms with van der Waals surface area (Å²) in [6.07, 6.45) is 7.33. The predicted molar refractivity (Wildman–Crippen MR) is 214 cm³/mol. The second-order valence-electron chi connectivity index (χ2n) is 13.4. The summed E-state index contributed by atoms with van der Waals surface area (Å²) in [7, 11) is 0. The Labute approximate surface area is 308 Å². The lowest BCUT2D eigenvalue weighted by atomic mass is 9.67. The summed E-state index contributed by atoms with van der Waals surface area (Å²) in [6.45, 7) is 0. The number of hydrogen-bond acceptors (Lipinski definition) is 4. The van der Waals surface area contributed by atoms with E-state index in [0.717, 1.165) is 45.0 Å². The van der Waals surface area contributed by atoms with Crippen LogP contribution < -0.4 is 0 Å². The summed E-state index contributed by atoms with van der Waals surface area (Å²) in [6, 6.07) is 60.6. The lowest BCUT2D eigenvalue weighted by Gasteiger charge is -2.34. The molecule has 0 fully saturated rings. The third-order valence-corrected chi connectivity index (χ3v) is 10.5. The van der Waals surface area contributed by atoms with E-state index in [4.69, 9.17) is 9.97 Å². The molecule has 4 nitrogen and oxygen atoms in total. The van der Waals surface area contributed by atoms with Crippen LogP contribution in [0.1, 0.15) is 22.3 Å². The zero-order valence-electron chi connectivity index (χ0n) is 28.8. The lowest BCUT2D eigenvalue weighted by Crippen LogP contribution is -2.28. The predicted octanol–water partition coefficient (Wildman–Crippen LogP) is 11.5. The molecule has 4 heterocycles. The molecule has 4 heteroatoms. The molecule has 0 amide bonds. The first-order chi connectivity index (χ1) is 26.3. The van der Waals surface area contributed by atoms with Crippen LogP contribution in [0.15, 0.2) is 195 Å². The summed E-state index contributed by atoms with van der Waals surface area (Å²) in [5.74, 6) is 0. The Morgan fingerprint density at radius 3 is 1.51 bits per heavy atom. The first-order valence-corrected chi connectivity index (χ1v) is 17.9. The second-order valence-corrected chi connectivity index (χ2v) is 13.4. The quantitative estimate of drug-likeness (QED) is 0.176. The van der Waals surface area contributed by atoms with Gasteiger partial charge in [0, 0.05) is 47.0 Å². The van der Waals surface area contributed by atoms with Crippen LogP contribution in [0.3, 0.4) is 0 Å². The van der Waals surface area contributed by atoms with Gasteiger partial charge < -0.3 is 0 Å². The van der Waals surface area contributed by atoms with Crippen LogP contribution in [0.25, 0.3) is 66.9 Å². The highest BCUT2D eigenvalue weighted by Gasteiger charge is 2.47. The van der Waals surface area contributed by atoms with Crippen LogP contribution in [-0.4, -0.2) is 19.9 Å². The highest BCUT2D eigenvalue weighted by atomic mass is 14.7. The van der Waals surface area contributed by atoms with E-state index in [2.05, 4.69) is 162 Å². The fourth-order valence-electron chi connectivity index (χ4n) is 8.25. The topological polar surface area (TPSA) is 51.6 Å². The standard InChI is InChI=1S/C49H32N4/c1-3-15-36(16-4-1)49(37-17-5-2-6-18-37)42-29-33(44-21-9-22-45(52-44)34-13-11-27-50-31-34)25-26-40(42)48-39-20-8-7-19-38(39)41(30-43(48)49)47-24-10-23-46(53-47)35-14-12-28-51-32-35/h1-32H. The van der Waals surface area contributed by atoms with Crippen molar-refractivity contribution in [2.24, 2.45) is 0 Å². The largest absolute Gasteiger partial charge is 0.264 e. The summed E-state index contributed by atoms with van der Waals surface area (Å²) in [4.78, 5) is 19.1. The zero-order valence-corrected chi connectivity index (χ0v) is 28.8. The third-order valence-electron chi connectivity index (χ3n) is 10.5. The fourth-order valence-corrected chi connectivity index (χ4v) is 8.25. The van der Waals surface area contributed by atoms with Crippen LogP contribution in [0.2, 0.25) is 0 Å². The Hall–Kier alpha value is -7.04. The van der Waals surface area contributed by atoms with Crippen molar-refractivity contribution >= 4 is 10.8 Å². The van der Waals surface area contributed by atoms with E-state index in [1.165, 1.54) is 44.2 Å². The van der Waals surface area contributed by atoms with Crippen LogP contribution in [0, 0.1) is 0 Å². The van der Waals surface area contributed by atoms with E-state index < -0.39 is 5.41 Å². The van der Waals surface area contributed by atoms with Crippen LogP contribution >= 0.6 is 0 Å². The molecule has 0 N–H and O–H groups in total. The molecule has 0 saturated heterocycles. The first-order valence-electron chi connectivity index (χ1n) is 17.9. The number of rotatable bonds is 6. The molecule has 1 aliphatic rings. The summed E-state index contributed by atoms with van der Waals surface area (Å²) in [5.41, 5.74) is 14.5. The van der Waals surface area contributed by atoms with Gasteiger partial charge in [0.05, 0.1) is 28.2 Å². The first kappa shape index (κ1) is 30.8. The van der Waals surface area contributed by atoms with Crippen molar-refractivity contribution in [3.63, 3.8) is 0 Å². The Bertz CT molecular complexity index is 2720. The Morgan fingerprint density at radius 1 is 0.358 bits per heavy atom. The van der Waals surface area contributed by atoms with Crippen LogP contribution in [0.4, 0.5) is 0 Å². The normalized spacial score (nSPS) is 12.7. The average molecular weight is 677 g/mol. The minimum absolute atomic E-state index is 0.621. The van der Waals surface area contributed by atoms with Gasteiger partial charge in [0.2, 0.25) is 0 Å². The van der Waals surface area contributed by atoms with Crippen molar-refractivity contribution in [3.05, 3.63) is 217 Å². The molecular formula is C49H32N4. The summed E-state index contributed by atoms with van der Waals surface area (Å²) < 4.78 is 0. The van der Waals surface area contributed by atoms with Gasteiger partial charge in [0.25, 0.3) is 0 Å². The maximum atomic E-state index is 5.27. The van der Waals surface area contributed by atoms with Gasteiger partial charge in [-0.1, -0.05) is 109 Å². The number of fused-ring (bicyclic) bond motifs is 5. The Balaban J connectivity index is 1.28. The minimum atomic E-state index is -0.621. The van der Waals surface area contributed by atoms with Crippen molar-refractivity contribution in [3.8, 4) is 56.2 Å². The molecule has 248 valence electrons. The summed E-state index contributed by atoms with van der Waals surface area (Å²) >= 11 is 0. The molecule has 0 radical (unpaired) electrons. The molecule has 5 aromatic carbocycles. The van der Waals surface area contributed by atoms with Gasteiger partial charge in [0.15, 0.2) is 0 Å². The van der Waals surface area contributed by atoms with Crippen LogP contribution in [-0.2, 0) is 5.41 Å². The molecule has 0 aliphatic heterocycles. The minimum Gasteiger partial charge on any atom is -0.264 e. The lowest BCUT2D eigenvalue weighted by molar-refractivity contribution is 0.769. The maximum Gasteiger partial charge on any atom is 0.0725 e. The molecule has 0 atom stereocenters. The fraction of sp³-hybridized carbons (Fsp3) is 0.0204. The third kappa shape index (κ3) is 4.99. The molecule has 1 aliphatic carbocycles. The SMILES string of the molecule is c1ccc(C2(c3ccccc3)c3cc(-c4cccc(-c5cccnc5)n4)ccc3-c3c2cc(-c2cccc(-c4cccnc4)n2)c2ccccc32)cc1. The monoisotopic (exact) mass is 676 g/mol. The van der Waals surface area contributed by atoms with E-state index in [-0.39, 0.29) is 0 Å². The molecule has 4 aromatic heterocycles. The molecular weight excluding hydrogens is 645 g/mol. The van der Waals surface area contributed by atoms with Gasteiger partial charge in [-0.15, -0.1) is 0 Å². The maximum absolute atomic E-state index is 5.27. The molecule has 0 saturated carbocycles. The van der Waals surface area contributed by atoms with E-state index in [9.17, 15) is 0 Å². The number of hydrogen-bond donors (Lipinski definition) is 0. The van der Waals surface area contributed by atoms with E-state index in [1.54, 1.807) is 12.4 Å². The van der Waals surface area contributed by atoms with Gasteiger partial charge in [-0.05, 0) is 105 Å². The van der Waals surface area contributed by atoms with Crippen molar-refractivity contribution in [1.29, 1.82) is 0 Å². The van der Waals surface area contributed by atoms with E-state index >= 15 is 0 Å². The van der Waals surface area contributed by atoms with Gasteiger partial charge in [-0.3, -0.25) is 9.97 Å². The Morgan fingerprint density at radius 2 is 0.906 bits per heavy atom. The molecule has 0 spiro atoms. The molecule has 0 bridgehead atoms. The van der Waals surface area contributed by atoms with Crippen molar-refractivity contribution in [2.45, 2.75) is 5.41 Å². The molecule has 10 rings (SSSR count). The van der Waals surface area contributed by atoms with Crippen LogP contribution in [0.5, 0.6) is 0 Å². The van der Waals surface area contributed by atoms with Gasteiger partial charge in [-0.2, -0.15) is 0 Å². The van der Waals surface area contributed by atoms with E-state index in [0.29, 0.717) is 0 Å². The molecule has 0 unspecified atom stereocenters. The number of nitrogens with zero attached hydrogens (tertiary/aromatic N) is 4. The van der Waals surface area contributed by atoms with Gasteiger partial charge in [0.1, 0.15) is 0 Å². The number of aromatic nitrogens is 4. The average Bonchev–Trinajstić information content (AvgIpc) is 3.55. The van der Waals surface area contributed by atoms with Crippen molar-refractivity contribution in [2.75, 3.05) is 0 Å². The zero-order chi connectivity index (χ0) is 35.2. The van der Waals surface area contributed by atoms with Gasteiger partial charge in [-0.25, -0.2) is 9.97 Å². The number of benzene rings is 5. The van der Waals surface area contributed by atoms with E-state index in [1.807, 2.05) is 30.6 Å². The molecule has 9 aromatic rings. The highest BCUT2D eigenvalue weighted by Crippen LogP contribution is 2.59. The Kier molecular flexibility index (Phi) is 7.33. The van der Waals surface area contributed by atoms with Gasteiger partial charge >= 0.3 is 0 Å². The summed E-state index contributed by atoms with van der Waals surface area (Å²) in [5, 5.41) is 2.37. The second kappa shape index (κ2) is 12.6. The smallest absolute Gasteiger partial charge is 0.0725 e. The van der Waals surface area contributed by atoms with Crippen molar-refractivity contribution < 1.29 is 0 Å².